The molecule has 0 unspecified atom stereocenters. The summed E-state index contributed by atoms with van der Waals surface area (Å²) in [6, 6.07) is 7.35. The molecule has 1 amide bonds. The molecule has 1 saturated carbocycles. The fourth-order valence-electron chi connectivity index (χ4n) is 3.19. The minimum atomic E-state index is -0.453. The zero-order valence-corrected chi connectivity index (χ0v) is 15.2. The zero-order chi connectivity index (χ0) is 18.5. The van der Waals surface area contributed by atoms with Crippen LogP contribution in [0.1, 0.15) is 58.3 Å². The minimum absolute atomic E-state index is 0.156. The van der Waals surface area contributed by atoms with Crippen molar-refractivity contribution in [3.05, 3.63) is 64.5 Å². The number of nitrogens with zero attached hydrogens (tertiary/aromatic N) is 1. The van der Waals surface area contributed by atoms with Gasteiger partial charge in [0.2, 0.25) is 0 Å². The Balaban J connectivity index is 1.78. The van der Waals surface area contributed by atoms with E-state index in [0.29, 0.717) is 5.56 Å². The number of hydrogen-bond donors (Lipinski definition) is 2. The van der Waals surface area contributed by atoms with Crippen molar-refractivity contribution in [2.45, 2.75) is 51.7 Å². The van der Waals surface area contributed by atoms with Crippen LogP contribution in [-0.2, 0) is 0 Å². The molecule has 0 aliphatic heterocycles. The molecule has 0 bridgehead atoms. The van der Waals surface area contributed by atoms with Gasteiger partial charge in [-0.05, 0) is 56.0 Å². The smallest absolute Gasteiger partial charge is 0.251 e. The SMILES string of the molecule is Cc1cncc(C#Cc2cc(C(=O)N[C@H]3CCCC[C@@H]3O)ccc2C)c1. The first-order valence-corrected chi connectivity index (χ1v) is 9.06. The van der Waals surface area contributed by atoms with E-state index in [1.807, 2.05) is 32.0 Å². The van der Waals surface area contributed by atoms with E-state index in [0.717, 1.165) is 47.9 Å². The van der Waals surface area contributed by atoms with E-state index in [9.17, 15) is 9.90 Å². The van der Waals surface area contributed by atoms with E-state index in [1.165, 1.54) is 0 Å². The molecular formula is C22H24N2O2. The molecule has 2 aromatic rings. The molecule has 26 heavy (non-hydrogen) atoms. The molecule has 4 nitrogen and oxygen atoms in total. The van der Waals surface area contributed by atoms with Gasteiger partial charge in [0.1, 0.15) is 0 Å². The van der Waals surface area contributed by atoms with Gasteiger partial charge >= 0.3 is 0 Å². The zero-order valence-electron chi connectivity index (χ0n) is 15.2. The van der Waals surface area contributed by atoms with Crippen molar-refractivity contribution >= 4 is 5.91 Å². The van der Waals surface area contributed by atoms with Crippen LogP contribution < -0.4 is 5.32 Å². The van der Waals surface area contributed by atoms with Gasteiger partial charge in [-0.3, -0.25) is 9.78 Å². The number of benzene rings is 1. The van der Waals surface area contributed by atoms with E-state index in [-0.39, 0.29) is 11.9 Å². The van der Waals surface area contributed by atoms with Crippen LogP contribution in [0.3, 0.4) is 0 Å². The van der Waals surface area contributed by atoms with Crippen LogP contribution >= 0.6 is 0 Å². The second-order valence-corrected chi connectivity index (χ2v) is 6.96. The van der Waals surface area contributed by atoms with Crippen LogP contribution in [0, 0.1) is 25.7 Å². The maximum absolute atomic E-state index is 12.6. The molecule has 0 spiro atoms. The molecule has 134 valence electrons. The van der Waals surface area contributed by atoms with Crippen molar-refractivity contribution < 1.29 is 9.90 Å². The van der Waals surface area contributed by atoms with Gasteiger partial charge in [0.25, 0.3) is 5.91 Å². The van der Waals surface area contributed by atoms with Crippen LogP contribution in [0.15, 0.2) is 36.7 Å². The third kappa shape index (κ3) is 4.50. The number of aryl methyl sites for hydroxylation is 2. The largest absolute Gasteiger partial charge is 0.391 e. The first-order chi connectivity index (χ1) is 12.5. The summed E-state index contributed by atoms with van der Waals surface area (Å²) in [6.07, 6.45) is 6.71. The quantitative estimate of drug-likeness (QED) is 0.820. The summed E-state index contributed by atoms with van der Waals surface area (Å²) in [5.74, 6) is 6.10. The van der Waals surface area contributed by atoms with Crippen LogP contribution in [0.4, 0.5) is 0 Å². The molecule has 1 aliphatic rings. The highest BCUT2D eigenvalue weighted by Crippen LogP contribution is 2.19. The predicted molar refractivity (Wildman–Crippen MR) is 102 cm³/mol. The Morgan fingerprint density at radius 3 is 2.73 bits per heavy atom. The van der Waals surface area contributed by atoms with Gasteiger partial charge in [-0.15, -0.1) is 0 Å². The number of aliphatic hydroxyl groups excluding tert-OH is 1. The summed E-state index contributed by atoms with van der Waals surface area (Å²) < 4.78 is 0. The molecule has 0 radical (unpaired) electrons. The second kappa shape index (κ2) is 8.16. The Morgan fingerprint density at radius 2 is 1.96 bits per heavy atom. The summed E-state index contributed by atoms with van der Waals surface area (Å²) >= 11 is 0. The normalized spacial score (nSPS) is 19.3. The molecule has 2 atom stereocenters. The maximum Gasteiger partial charge on any atom is 0.251 e. The highest BCUT2D eigenvalue weighted by atomic mass is 16.3. The standard InChI is InChI=1S/C22H24N2O2/c1-15-11-17(14-23-13-15)8-10-18-12-19(9-7-16(18)2)22(26)24-20-5-3-4-6-21(20)25/h7,9,11-14,20-21,25H,3-6H2,1-2H3,(H,24,26)/t20-,21-/m0/s1. The van der Waals surface area contributed by atoms with E-state index in [4.69, 9.17) is 0 Å². The number of rotatable bonds is 2. The van der Waals surface area contributed by atoms with Crippen molar-refractivity contribution in [3.8, 4) is 11.8 Å². The molecule has 2 N–H and O–H groups in total. The third-order valence-corrected chi connectivity index (χ3v) is 4.76. The topological polar surface area (TPSA) is 62.2 Å². The third-order valence-electron chi connectivity index (χ3n) is 4.76. The lowest BCUT2D eigenvalue weighted by Gasteiger charge is -2.28. The summed E-state index contributed by atoms with van der Waals surface area (Å²) in [6.45, 7) is 3.96. The monoisotopic (exact) mass is 348 g/mol. The van der Waals surface area contributed by atoms with Crippen LogP contribution in [-0.4, -0.2) is 28.1 Å². The van der Waals surface area contributed by atoms with Gasteiger partial charge in [0, 0.05) is 29.1 Å². The van der Waals surface area contributed by atoms with E-state index < -0.39 is 6.10 Å². The summed E-state index contributed by atoms with van der Waals surface area (Å²) in [5, 5.41) is 13.0. The maximum atomic E-state index is 12.6. The van der Waals surface area contributed by atoms with Crippen molar-refractivity contribution in [2.24, 2.45) is 0 Å². The Kier molecular flexibility index (Phi) is 5.70. The number of aliphatic hydroxyl groups is 1. The second-order valence-electron chi connectivity index (χ2n) is 6.96. The lowest BCUT2D eigenvalue weighted by molar-refractivity contribution is 0.0717. The fraction of sp³-hybridized carbons (Fsp3) is 0.364. The van der Waals surface area contributed by atoms with E-state index in [2.05, 4.69) is 22.1 Å². The number of pyridine rings is 1. The summed E-state index contributed by atoms with van der Waals surface area (Å²) in [7, 11) is 0. The fourth-order valence-corrected chi connectivity index (χ4v) is 3.19. The molecule has 1 aliphatic carbocycles. The molecule has 4 heteroatoms. The minimum Gasteiger partial charge on any atom is -0.391 e. The summed E-state index contributed by atoms with van der Waals surface area (Å²) in [5.41, 5.74) is 4.33. The highest BCUT2D eigenvalue weighted by Gasteiger charge is 2.24. The first-order valence-electron chi connectivity index (χ1n) is 9.06. The molecule has 1 aromatic carbocycles. The molecular weight excluding hydrogens is 324 g/mol. The molecule has 1 fully saturated rings. The molecule has 3 rings (SSSR count). The van der Waals surface area contributed by atoms with Crippen molar-refractivity contribution in [1.29, 1.82) is 0 Å². The molecule has 0 saturated heterocycles. The average Bonchev–Trinajstić information content (AvgIpc) is 2.63. The number of hydrogen-bond acceptors (Lipinski definition) is 3. The Bertz CT molecular complexity index is 864. The predicted octanol–water partition coefficient (Wildman–Crippen LogP) is 3.13. The number of amides is 1. The van der Waals surface area contributed by atoms with Gasteiger partial charge in [0.15, 0.2) is 0 Å². The van der Waals surface area contributed by atoms with Gasteiger partial charge in [-0.25, -0.2) is 0 Å². The van der Waals surface area contributed by atoms with Crippen LogP contribution in [0.2, 0.25) is 0 Å². The summed E-state index contributed by atoms with van der Waals surface area (Å²) in [4.78, 5) is 16.7. The lowest BCUT2D eigenvalue weighted by Crippen LogP contribution is -2.45. The van der Waals surface area contributed by atoms with Gasteiger partial charge in [-0.2, -0.15) is 0 Å². The van der Waals surface area contributed by atoms with Crippen molar-refractivity contribution in [2.75, 3.05) is 0 Å². The van der Waals surface area contributed by atoms with Crippen LogP contribution in [0.25, 0.3) is 0 Å². The number of carbonyl (C=O) groups excluding carboxylic acids is 1. The van der Waals surface area contributed by atoms with Gasteiger partial charge in [-0.1, -0.05) is 30.7 Å². The van der Waals surface area contributed by atoms with Gasteiger partial charge in [0.05, 0.1) is 12.1 Å². The Labute approximate surface area is 154 Å². The van der Waals surface area contributed by atoms with Gasteiger partial charge < -0.3 is 10.4 Å². The van der Waals surface area contributed by atoms with E-state index >= 15 is 0 Å². The number of carbonyl (C=O) groups is 1. The van der Waals surface area contributed by atoms with Crippen molar-refractivity contribution in [3.63, 3.8) is 0 Å². The lowest BCUT2D eigenvalue weighted by atomic mass is 9.92. The Hall–Kier alpha value is -2.64. The van der Waals surface area contributed by atoms with E-state index in [1.54, 1.807) is 18.5 Å². The van der Waals surface area contributed by atoms with Crippen molar-refractivity contribution in [1.82, 2.24) is 10.3 Å². The first kappa shape index (κ1) is 18.2. The average molecular weight is 348 g/mol. The Morgan fingerprint density at radius 1 is 1.15 bits per heavy atom. The number of aromatic nitrogens is 1. The molecule has 1 heterocycles. The number of nitrogens with one attached hydrogen (secondary N) is 1. The highest BCUT2D eigenvalue weighted by molar-refractivity contribution is 5.95. The molecule has 1 aromatic heterocycles. The van der Waals surface area contributed by atoms with Crippen LogP contribution in [0.5, 0.6) is 0 Å².